The van der Waals surface area contributed by atoms with Crippen LogP contribution in [0.4, 0.5) is 5.69 Å². The summed E-state index contributed by atoms with van der Waals surface area (Å²) in [6, 6.07) is 5.07. The van der Waals surface area contributed by atoms with Gasteiger partial charge in [-0.05, 0) is 37.1 Å². The Morgan fingerprint density at radius 2 is 2.18 bits per heavy atom. The summed E-state index contributed by atoms with van der Waals surface area (Å²) in [4.78, 5) is 24.6. The van der Waals surface area contributed by atoms with Gasteiger partial charge in [-0.2, -0.15) is 0 Å². The molecule has 0 fully saturated rings. The third-order valence-electron chi connectivity index (χ3n) is 2.98. The van der Waals surface area contributed by atoms with Crippen molar-refractivity contribution >= 4 is 33.4 Å². The number of rotatable bonds is 2. The molecule has 17 heavy (non-hydrogen) atoms. The molecule has 90 valence electrons. The van der Waals surface area contributed by atoms with E-state index in [1.807, 2.05) is 18.2 Å². The largest absolute Gasteiger partial charge is 0.368 e. The Hall–Kier alpha value is -1.36. The minimum atomic E-state index is -0.609. The highest BCUT2D eigenvalue weighted by Gasteiger charge is 2.30. The first-order valence-electron chi connectivity index (χ1n) is 5.40. The molecule has 1 unspecified atom stereocenters. The molecule has 0 saturated heterocycles. The fourth-order valence-corrected chi connectivity index (χ4v) is 2.45. The smallest absolute Gasteiger partial charge is 0.240 e. The fourth-order valence-electron chi connectivity index (χ4n) is 2.04. The fraction of sp³-hybridized carbons (Fsp3) is 0.333. The molecule has 0 saturated carbocycles. The first-order chi connectivity index (χ1) is 8.00. The van der Waals surface area contributed by atoms with Crippen LogP contribution in [0, 0.1) is 0 Å². The van der Waals surface area contributed by atoms with E-state index in [1.165, 1.54) is 4.90 Å². The van der Waals surface area contributed by atoms with Crippen LogP contribution in [0.5, 0.6) is 0 Å². The molecule has 1 aromatic carbocycles. The van der Waals surface area contributed by atoms with Crippen molar-refractivity contribution in [3.05, 3.63) is 28.2 Å². The summed E-state index contributed by atoms with van der Waals surface area (Å²) in [5, 5.41) is 0. The lowest BCUT2D eigenvalue weighted by Gasteiger charge is -2.32. The number of hydrogen-bond donors (Lipinski definition) is 1. The number of anilines is 1. The zero-order valence-electron chi connectivity index (χ0n) is 9.44. The van der Waals surface area contributed by atoms with Gasteiger partial charge in [0.25, 0.3) is 0 Å². The van der Waals surface area contributed by atoms with Crippen molar-refractivity contribution in [3.63, 3.8) is 0 Å². The number of aryl methyl sites for hydroxylation is 1. The van der Waals surface area contributed by atoms with Crippen molar-refractivity contribution in [1.82, 2.24) is 0 Å². The highest BCUT2D eigenvalue weighted by Crippen LogP contribution is 2.31. The van der Waals surface area contributed by atoms with Gasteiger partial charge in [0.15, 0.2) is 0 Å². The number of primary amides is 1. The molecular weight excluding hydrogens is 284 g/mol. The first-order valence-corrected chi connectivity index (χ1v) is 6.20. The van der Waals surface area contributed by atoms with E-state index in [2.05, 4.69) is 15.9 Å². The lowest BCUT2D eigenvalue weighted by atomic mass is 9.99. The number of benzene rings is 1. The highest BCUT2D eigenvalue weighted by atomic mass is 79.9. The zero-order valence-corrected chi connectivity index (χ0v) is 11.0. The second kappa shape index (κ2) is 4.49. The minimum absolute atomic E-state index is 0.0499. The van der Waals surface area contributed by atoms with Crippen molar-refractivity contribution in [2.24, 2.45) is 5.73 Å². The normalized spacial score (nSPS) is 16.6. The first kappa shape index (κ1) is 12.1. The Morgan fingerprint density at radius 3 is 2.82 bits per heavy atom. The van der Waals surface area contributed by atoms with E-state index in [4.69, 9.17) is 5.73 Å². The van der Waals surface area contributed by atoms with Gasteiger partial charge in [0.2, 0.25) is 11.8 Å². The van der Waals surface area contributed by atoms with E-state index in [0.29, 0.717) is 12.8 Å². The molecule has 0 aliphatic carbocycles. The number of amides is 2. The van der Waals surface area contributed by atoms with Crippen LogP contribution in [0.25, 0.3) is 0 Å². The molecule has 5 heteroatoms. The average molecular weight is 297 g/mol. The Kier molecular flexibility index (Phi) is 3.19. The summed E-state index contributed by atoms with van der Waals surface area (Å²) in [5.74, 6) is -0.541. The van der Waals surface area contributed by atoms with Gasteiger partial charge >= 0.3 is 0 Å². The molecular formula is C12H13BrN2O2. The van der Waals surface area contributed by atoms with Gasteiger partial charge in [-0.1, -0.05) is 15.9 Å². The third kappa shape index (κ3) is 2.20. The molecule has 1 aliphatic rings. The molecule has 0 radical (unpaired) electrons. The molecule has 0 spiro atoms. The summed E-state index contributed by atoms with van der Waals surface area (Å²) < 4.78 is 0.970. The molecule has 2 N–H and O–H groups in total. The Labute approximate surface area is 108 Å². The quantitative estimate of drug-likeness (QED) is 0.901. The Balaban J connectivity index is 2.47. The topological polar surface area (TPSA) is 63.4 Å². The van der Waals surface area contributed by atoms with E-state index in [0.717, 1.165) is 15.7 Å². The van der Waals surface area contributed by atoms with Gasteiger partial charge in [0, 0.05) is 16.6 Å². The molecule has 4 nitrogen and oxygen atoms in total. The van der Waals surface area contributed by atoms with Crippen LogP contribution in [-0.2, 0) is 16.0 Å². The van der Waals surface area contributed by atoms with Crippen molar-refractivity contribution in [3.8, 4) is 0 Å². The molecule has 1 heterocycles. The predicted octanol–water partition coefficient (Wildman–Crippen LogP) is 1.60. The van der Waals surface area contributed by atoms with Gasteiger partial charge in [0.1, 0.15) is 6.04 Å². The van der Waals surface area contributed by atoms with Crippen LogP contribution in [-0.4, -0.2) is 17.9 Å². The molecule has 1 atom stereocenters. The van der Waals surface area contributed by atoms with Gasteiger partial charge in [-0.3, -0.25) is 14.5 Å². The summed E-state index contributed by atoms with van der Waals surface area (Å²) in [6.07, 6.45) is 1.12. The maximum Gasteiger partial charge on any atom is 0.240 e. The van der Waals surface area contributed by atoms with Crippen LogP contribution in [0.15, 0.2) is 22.7 Å². The summed E-state index contributed by atoms with van der Waals surface area (Å²) in [5.41, 5.74) is 7.12. The van der Waals surface area contributed by atoms with Crippen LogP contribution in [0.1, 0.15) is 18.9 Å². The summed E-state index contributed by atoms with van der Waals surface area (Å²) in [7, 11) is 0. The maximum absolute atomic E-state index is 11.9. The monoisotopic (exact) mass is 296 g/mol. The number of hydrogen-bond acceptors (Lipinski definition) is 2. The maximum atomic E-state index is 11.9. The van der Waals surface area contributed by atoms with Crippen molar-refractivity contribution in [2.75, 3.05) is 4.90 Å². The number of nitrogens with two attached hydrogens (primary N) is 1. The molecule has 0 bridgehead atoms. The standard InChI is InChI=1S/C12H13BrN2O2/c1-7(12(14)17)15-10-4-3-9(13)6-8(10)2-5-11(15)16/h3-4,6-7H,2,5H2,1H3,(H2,14,17). The average Bonchev–Trinajstić information content (AvgIpc) is 2.28. The van der Waals surface area contributed by atoms with Crippen LogP contribution in [0.2, 0.25) is 0 Å². The summed E-state index contributed by atoms with van der Waals surface area (Å²) in [6.45, 7) is 1.65. The Morgan fingerprint density at radius 1 is 1.47 bits per heavy atom. The van der Waals surface area contributed by atoms with Gasteiger partial charge < -0.3 is 5.73 Å². The lowest BCUT2D eigenvalue weighted by Crippen LogP contribution is -2.48. The van der Waals surface area contributed by atoms with E-state index < -0.39 is 11.9 Å². The SMILES string of the molecule is CC(C(N)=O)N1C(=O)CCc2cc(Br)ccc21. The molecule has 1 aliphatic heterocycles. The zero-order chi connectivity index (χ0) is 12.6. The molecule has 1 aromatic rings. The van der Waals surface area contributed by atoms with Crippen LogP contribution in [0.3, 0.4) is 0 Å². The van der Waals surface area contributed by atoms with Gasteiger partial charge in [-0.25, -0.2) is 0 Å². The lowest BCUT2D eigenvalue weighted by molar-refractivity contribution is -0.124. The number of nitrogens with zero attached hydrogens (tertiary/aromatic N) is 1. The van der Waals surface area contributed by atoms with Gasteiger partial charge in [0.05, 0.1) is 0 Å². The van der Waals surface area contributed by atoms with Crippen molar-refractivity contribution < 1.29 is 9.59 Å². The van der Waals surface area contributed by atoms with Crippen molar-refractivity contribution in [2.45, 2.75) is 25.8 Å². The van der Waals surface area contributed by atoms with E-state index in [1.54, 1.807) is 6.92 Å². The Bertz CT molecular complexity index is 487. The molecule has 2 rings (SSSR count). The second-order valence-electron chi connectivity index (χ2n) is 4.12. The van der Waals surface area contributed by atoms with Crippen LogP contribution >= 0.6 is 15.9 Å². The second-order valence-corrected chi connectivity index (χ2v) is 5.03. The number of halogens is 1. The van der Waals surface area contributed by atoms with Crippen molar-refractivity contribution in [1.29, 1.82) is 0 Å². The van der Waals surface area contributed by atoms with E-state index in [-0.39, 0.29) is 5.91 Å². The summed E-state index contributed by atoms with van der Waals surface area (Å²) >= 11 is 3.40. The number of carbonyl (C=O) groups excluding carboxylic acids is 2. The number of fused-ring (bicyclic) bond motifs is 1. The minimum Gasteiger partial charge on any atom is -0.368 e. The van der Waals surface area contributed by atoms with Crippen LogP contribution < -0.4 is 10.6 Å². The number of carbonyl (C=O) groups is 2. The predicted molar refractivity (Wildman–Crippen MR) is 68.6 cm³/mol. The molecule has 0 aromatic heterocycles. The third-order valence-corrected chi connectivity index (χ3v) is 3.47. The highest BCUT2D eigenvalue weighted by molar-refractivity contribution is 9.10. The van der Waals surface area contributed by atoms with E-state index >= 15 is 0 Å². The molecule has 2 amide bonds. The van der Waals surface area contributed by atoms with E-state index in [9.17, 15) is 9.59 Å². The van der Waals surface area contributed by atoms with Gasteiger partial charge in [-0.15, -0.1) is 0 Å².